The van der Waals surface area contributed by atoms with Gasteiger partial charge in [0.15, 0.2) is 0 Å². The van der Waals surface area contributed by atoms with Crippen LogP contribution in [-0.4, -0.2) is 39.9 Å². The quantitative estimate of drug-likeness (QED) is 0.401. The molecule has 0 spiro atoms. The van der Waals surface area contributed by atoms with Gasteiger partial charge < -0.3 is 15.4 Å². The zero-order valence-corrected chi connectivity index (χ0v) is 19.3. The van der Waals surface area contributed by atoms with Gasteiger partial charge in [-0.15, -0.1) is 5.10 Å². The Labute approximate surface area is 196 Å². The fraction of sp³-hybridized carbons (Fsp3) is 0.333. The number of para-hydroxylation sites is 1. The molecule has 4 rings (SSSR count). The Kier molecular flexibility index (Phi) is 7.62. The van der Waals surface area contributed by atoms with E-state index in [1.165, 1.54) is 37.4 Å². The van der Waals surface area contributed by atoms with E-state index < -0.39 is 0 Å². The third-order valence-corrected chi connectivity index (χ3v) is 6.44. The lowest BCUT2D eigenvalue weighted by Gasteiger charge is -2.11. The van der Waals surface area contributed by atoms with Crippen LogP contribution in [-0.2, 0) is 11.2 Å². The molecule has 2 amide bonds. The normalized spacial score (nSPS) is 13.6. The predicted molar refractivity (Wildman–Crippen MR) is 129 cm³/mol. The number of thioether (sulfide) groups is 1. The summed E-state index contributed by atoms with van der Waals surface area (Å²) in [7, 11) is 1.59. The monoisotopic (exact) mass is 465 g/mol. The van der Waals surface area contributed by atoms with Crippen LogP contribution in [0.3, 0.4) is 0 Å². The van der Waals surface area contributed by atoms with Crippen molar-refractivity contribution >= 4 is 35.0 Å². The van der Waals surface area contributed by atoms with Crippen LogP contribution in [0.25, 0.3) is 0 Å². The van der Waals surface area contributed by atoms with Gasteiger partial charge in [0.2, 0.25) is 11.1 Å². The van der Waals surface area contributed by atoms with Crippen LogP contribution in [0, 0.1) is 5.92 Å². The fourth-order valence-corrected chi connectivity index (χ4v) is 4.52. The Morgan fingerprint density at radius 2 is 1.85 bits per heavy atom. The SMILES string of the molecule is COc1ccc(NC(=O)c2ccccc2NC(=O)CSc2n[nH]c(CC3CCCC3)n2)cc1. The molecular weight excluding hydrogens is 438 g/mol. The fourth-order valence-electron chi connectivity index (χ4n) is 3.90. The first-order valence-corrected chi connectivity index (χ1v) is 12.0. The van der Waals surface area contributed by atoms with Crippen molar-refractivity contribution in [2.75, 3.05) is 23.5 Å². The Morgan fingerprint density at radius 3 is 2.61 bits per heavy atom. The number of ether oxygens (including phenoxy) is 1. The van der Waals surface area contributed by atoms with Crippen molar-refractivity contribution in [2.24, 2.45) is 5.92 Å². The summed E-state index contributed by atoms with van der Waals surface area (Å²) in [6.45, 7) is 0. The number of aromatic nitrogens is 3. The standard InChI is InChI=1S/C24H27N5O3S/c1-32-18-12-10-17(11-13-18)25-23(31)19-8-4-5-9-20(19)26-22(30)15-33-24-27-21(28-29-24)14-16-6-2-3-7-16/h4-5,8-13,16H,2-3,6-7,14-15H2,1H3,(H,25,31)(H,26,30)(H,27,28,29). The van der Waals surface area contributed by atoms with Gasteiger partial charge >= 0.3 is 0 Å². The maximum Gasteiger partial charge on any atom is 0.257 e. The molecule has 1 saturated carbocycles. The third-order valence-electron chi connectivity index (χ3n) is 5.59. The highest BCUT2D eigenvalue weighted by Crippen LogP contribution is 2.27. The number of carbonyl (C=O) groups is 2. The Bertz CT molecular complexity index is 1090. The van der Waals surface area contributed by atoms with Gasteiger partial charge in [-0.05, 0) is 42.3 Å². The molecule has 0 saturated heterocycles. The van der Waals surface area contributed by atoms with Gasteiger partial charge in [-0.1, -0.05) is 49.6 Å². The second-order valence-electron chi connectivity index (χ2n) is 7.98. The van der Waals surface area contributed by atoms with Crippen molar-refractivity contribution in [2.45, 2.75) is 37.3 Å². The van der Waals surface area contributed by atoms with Crippen LogP contribution < -0.4 is 15.4 Å². The van der Waals surface area contributed by atoms with Crippen molar-refractivity contribution in [1.29, 1.82) is 0 Å². The third kappa shape index (κ3) is 6.35. The van der Waals surface area contributed by atoms with Crippen molar-refractivity contribution in [3.63, 3.8) is 0 Å². The van der Waals surface area contributed by atoms with Gasteiger partial charge in [0, 0.05) is 12.1 Å². The molecule has 0 bridgehead atoms. The zero-order valence-electron chi connectivity index (χ0n) is 18.5. The average Bonchev–Trinajstić information content (AvgIpc) is 3.51. The lowest BCUT2D eigenvalue weighted by Crippen LogP contribution is -2.19. The summed E-state index contributed by atoms with van der Waals surface area (Å²) in [4.78, 5) is 29.8. The number of H-pyrrole nitrogens is 1. The molecule has 0 unspecified atom stereocenters. The highest BCUT2D eigenvalue weighted by molar-refractivity contribution is 7.99. The van der Waals surface area contributed by atoms with E-state index in [1.807, 2.05) is 0 Å². The largest absolute Gasteiger partial charge is 0.497 e. The molecule has 2 aromatic carbocycles. The van der Waals surface area contributed by atoms with Gasteiger partial charge in [-0.2, -0.15) is 0 Å². The van der Waals surface area contributed by atoms with E-state index in [1.54, 1.807) is 55.6 Å². The molecule has 1 aliphatic rings. The summed E-state index contributed by atoms with van der Waals surface area (Å²) in [5.74, 6) is 1.87. The second-order valence-corrected chi connectivity index (χ2v) is 8.93. The van der Waals surface area contributed by atoms with Gasteiger partial charge in [-0.3, -0.25) is 14.7 Å². The molecule has 3 N–H and O–H groups in total. The van der Waals surface area contributed by atoms with Crippen molar-refractivity contribution < 1.29 is 14.3 Å². The zero-order chi connectivity index (χ0) is 23.0. The number of nitrogens with one attached hydrogen (secondary N) is 3. The number of benzene rings is 2. The first-order valence-electron chi connectivity index (χ1n) is 11.0. The molecule has 9 heteroatoms. The van der Waals surface area contributed by atoms with Crippen LogP contribution in [0.1, 0.15) is 41.9 Å². The average molecular weight is 466 g/mol. The lowest BCUT2D eigenvalue weighted by atomic mass is 10.0. The molecule has 1 fully saturated rings. The van der Waals surface area contributed by atoms with E-state index >= 15 is 0 Å². The first-order chi connectivity index (χ1) is 16.1. The summed E-state index contributed by atoms with van der Waals surface area (Å²) in [5.41, 5.74) is 1.46. The minimum absolute atomic E-state index is 0.148. The van der Waals surface area contributed by atoms with Gasteiger partial charge in [0.1, 0.15) is 11.6 Å². The Balaban J connectivity index is 1.31. The van der Waals surface area contributed by atoms with Gasteiger partial charge in [0.05, 0.1) is 24.1 Å². The number of hydrogen-bond acceptors (Lipinski definition) is 6. The Hall–Kier alpha value is -3.33. The van der Waals surface area contributed by atoms with Crippen LogP contribution in [0.2, 0.25) is 0 Å². The van der Waals surface area contributed by atoms with Crippen LogP contribution >= 0.6 is 11.8 Å². The van der Waals surface area contributed by atoms with Crippen LogP contribution in [0.4, 0.5) is 11.4 Å². The maximum absolute atomic E-state index is 12.8. The summed E-state index contributed by atoms with van der Waals surface area (Å²) in [5, 5.41) is 13.4. The van der Waals surface area contributed by atoms with E-state index in [4.69, 9.17) is 4.74 Å². The number of nitrogens with zero attached hydrogens (tertiary/aromatic N) is 2. The number of aromatic amines is 1. The number of amides is 2. The van der Waals surface area contributed by atoms with E-state index in [-0.39, 0.29) is 17.6 Å². The van der Waals surface area contributed by atoms with Crippen LogP contribution in [0.5, 0.6) is 5.75 Å². The number of rotatable bonds is 9. The minimum atomic E-state index is -0.311. The summed E-state index contributed by atoms with van der Waals surface area (Å²) < 4.78 is 5.13. The molecular formula is C24H27N5O3S. The Morgan fingerprint density at radius 1 is 1.09 bits per heavy atom. The summed E-state index contributed by atoms with van der Waals surface area (Å²) >= 11 is 1.27. The number of carbonyl (C=O) groups excluding carboxylic acids is 2. The maximum atomic E-state index is 12.8. The topological polar surface area (TPSA) is 109 Å². The molecule has 0 radical (unpaired) electrons. The summed E-state index contributed by atoms with van der Waals surface area (Å²) in [6, 6.07) is 14.0. The molecule has 172 valence electrons. The molecule has 33 heavy (non-hydrogen) atoms. The molecule has 0 aliphatic heterocycles. The lowest BCUT2D eigenvalue weighted by molar-refractivity contribution is -0.113. The van der Waals surface area contributed by atoms with Crippen molar-refractivity contribution in [3.05, 3.63) is 59.9 Å². The predicted octanol–water partition coefficient (Wildman–Crippen LogP) is 4.53. The van der Waals surface area contributed by atoms with E-state index in [9.17, 15) is 9.59 Å². The number of anilines is 2. The molecule has 3 aromatic rings. The van der Waals surface area contributed by atoms with E-state index in [0.29, 0.717) is 33.8 Å². The smallest absolute Gasteiger partial charge is 0.257 e. The molecule has 1 aliphatic carbocycles. The highest BCUT2D eigenvalue weighted by atomic mass is 32.2. The molecule has 0 atom stereocenters. The molecule has 1 aromatic heterocycles. The minimum Gasteiger partial charge on any atom is -0.497 e. The van der Waals surface area contributed by atoms with Crippen LogP contribution in [0.15, 0.2) is 53.7 Å². The second kappa shape index (κ2) is 11.0. The van der Waals surface area contributed by atoms with E-state index in [0.717, 1.165) is 12.2 Å². The van der Waals surface area contributed by atoms with Crippen molar-refractivity contribution in [1.82, 2.24) is 15.2 Å². The van der Waals surface area contributed by atoms with Gasteiger partial charge in [0.25, 0.3) is 5.91 Å². The number of hydrogen-bond donors (Lipinski definition) is 3. The first kappa shape index (κ1) is 22.8. The summed E-state index contributed by atoms with van der Waals surface area (Å²) in [6.07, 6.45) is 5.99. The molecule has 1 heterocycles. The molecule has 8 nitrogen and oxygen atoms in total. The van der Waals surface area contributed by atoms with Crippen molar-refractivity contribution in [3.8, 4) is 5.75 Å². The van der Waals surface area contributed by atoms with Gasteiger partial charge in [-0.25, -0.2) is 4.98 Å². The highest BCUT2D eigenvalue weighted by Gasteiger charge is 2.18. The number of methoxy groups -OCH3 is 1. The van der Waals surface area contributed by atoms with E-state index in [2.05, 4.69) is 25.8 Å².